The molecule has 2 heterocycles. The maximum absolute atomic E-state index is 4.73. The molecule has 1 aliphatic rings. The first-order valence-corrected chi connectivity index (χ1v) is 5.96. The van der Waals surface area contributed by atoms with Crippen LogP contribution in [0.1, 0.15) is 16.8 Å². The molecule has 0 unspecified atom stereocenters. The molecule has 1 aliphatic heterocycles. The van der Waals surface area contributed by atoms with Gasteiger partial charge in [-0.25, -0.2) is 4.98 Å². The molecule has 0 amide bonds. The highest BCUT2D eigenvalue weighted by atomic mass is 15.3. The second-order valence-corrected chi connectivity index (χ2v) is 4.82. The monoisotopic (exact) mass is 219 g/mol. The Hall–Kier alpha value is -1.09. The van der Waals surface area contributed by atoms with Crippen molar-refractivity contribution in [2.45, 2.75) is 20.8 Å². The fourth-order valence-electron chi connectivity index (χ4n) is 2.17. The zero-order valence-corrected chi connectivity index (χ0v) is 10.7. The molecule has 3 heteroatoms. The number of hydrogen-bond donors (Lipinski definition) is 0. The van der Waals surface area contributed by atoms with Crippen LogP contribution in [-0.2, 0) is 0 Å². The maximum atomic E-state index is 4.73. The minimum atomic E-state index is 1.09. The van der Waals surface area contributed by atoms with E-state index in [0.717, 1.165) is 31.9 Å². The normalized spacial score (nSPS) is 17.9. The van der Waals surface area contributed by atoms with Gasteiger partial charge in [0.25, 0.3) is 0 Å². The standard InChI is InChI=1S/C13H21N3/c1-10-9-11(2)13(14-12(10)3)16-7-5-15(4)6-8-16/h9H,5-8H2,1-4H3. The zero-order valence-electron chi connectivity index (χ0n) is 10.7. The van der Waals surface area contributed by atoms with Gasteiger partial charge in [0.2, 0.25) is 0 Å². The first-order chi connectivity index (χ1) is 7.58. The Morgan fingerprint density at radius 2 is 1.62 bits per heavy atom. The molecule has 0 spiro atoms. The van der Waals surface area contributed by atoms with Gasteiger partial charge in [0.1, 0.15) is 5.82 Å². The Bertz CT molecular complexity index is 379. The Morgan fingerprint density at radius 3 is 2.25 bits per heavy atom. The summed E-state index contributed by atoms with van der Waals surface area (Å²) >= 11 is 0. The van der Waals surface area contributed by atoms with E-state index in [1.807, 2.05) is 0 Å². The number of anilines is 1. The smallest absolute Gasteiger partial charge is 0.131 e. The van der Waals surface area contributed by atoms with E-state index < -0.39 is 0 Å². The molecule has 88 valence electrons. The van der Waals surface area contributed by atoms with Crippen molar-refractivity contribution in [2.24, 2.45) is 0 Å². The van der Waals surface area contributed by atoms with Gasteiger partial charge in [0.05, 0.1) is 0 Å². The summed E-state index contributed by atoms with van der Waals surface area (Å²) in [6, 6.07) is 2.25. The van der Waals surface area contributed by atoms with Gasteiger partial charge in [-0.15, -0.1) is 0 Å². The first-order valence-electron chi connectivity index (χ1n) is 5.96. The number of nitrogens with zero attached hydrogens (tertiary/aromatic N) is 3. The van der Waals surface area contributed by atoms with E-state index in [2.05, 4.69) is 43.7 Å². The Balaban J connectivity index is 2.23. The van der Waals surface area contributed by atoms with E-state index >= 15 is 0 Å². The fourth-order valence-corrected chi connectivity index (χ4v) is 2.17. The van der Waals surface area contributed by atoms with E-state index in [1.165, 1.54) is 16.9 Å². The van der Waals surface area contributed by atoms with Gasteiger partial charge in [-0.3, -0.25) is 0 Å². The van der Waals surface area contributed by atoms with Gasteiger partial charge >= 0.3 is 0 Å². The van der Waals surface area contributed by atoms with E-state index in [0.29, 0.717) is 0 Å². The van der Waals surface area contributed by atoms with Gasteiger partial charge < -0.3 is 9.80 Å². The molecule has 1 aromatic rings. The van der Waals surface area contributed by atoms with Crippen molar-refractivity contribution in [3.63, 3.8) is 0 Å². The van der Waals surface area contributed by atoms with Crippen molar-refractivity contribution < 1.29 is 0 Å². The predicted molar refractivity (Wildman–Crippen MR) is 68.2 cm³/mol. The quantitative estimate of drug-likeness (QED) is 0.717. The highest BCUT2D eigenvalue weighted by Gasteiger charge is 2.17. The van der Waals surface area contributed by atoms with Crippen LogP contribution in [0, 0.1) is 20.8 Å². The molecule has 1 fully saturated rings. The van der Waals surface area contributed by atoms with Gasteiger partial charge in [0, 0.05) is 31.9 Å². The van der Waals surface area contributed by atoms with E-state index in [4.69, 9.17) is 4.98 Å². The summed E-state index contributed by atoms with van der Waals surface area (Å²) in [7, 11) is 2.18. The number of aromatic nitrogens is 1. The summed E-state index contributed by atoms with van der Waals surface area (Å²) < 4.78 is 0. The lowest BCUT2D eigenvalue weighted by molar-refractivity contribution is 0.312. The largest absolute Gasteiger partial charge is 0.354 e. The van der Waals surface area contributed by atoms with E-state index in [1.54, 1.807) is 0 Å². The summed E-state index contributed by atoms with van der Waals surface area (Å²) in [4.78, 5) is 9.50. The van der Waals surface area contributed by atoms with Crippen LogP contribution in [0.2, 0.25) is 0 Å². The first kappa shape index (κ1) is 11.4. The molecule has 0 bridgehead atoms. The number of likely N-dealkylation sites (N-methyl/N-ethyl adjacent to an activating group) is 1. The minimum absolute atomic E-state index is 1.09. The van der Waals surface area contributed by atoms with Gasteiger partial charge in [-0.05, 0) is 38.9 Å². The van der Waals surface area contributed by atoms with Crippen LogP contribution in [0.25, 0.3) is 0 Å². The van der Waals surface area contributed by atoms with Crippen LogP contribution in [-0.4, -0.2) is 43.1 Å². The van der Waals surface area contributed by atoms with Crippen molar-refractivity contribution in [2.75, 3.05) is 38.1 Å². The third-order valence-electron chi connectivity index (χ3n) is 3.43. The summed E-state index contributed by atoms with van der Waals surface area (Å²) in [6.45, 7) is 10.8. The van der Waals surface area contributed by atoms with Crippen LogP contribution >= 0.6 is 0 Å². The SMILES string of the molecule is Cc1cc(C)c(N2CCN(C)CC2)nc1C. The van der Waals surface area contributed by atoms with Crippen LogP contribution in [0.4, 0.5) is 5.82 Å². The zero-order chi connectivity index (χ0) is 11.7. The molecule has 1 aromatic heterocycles. The molecule has 16 heavy (non-hydrogen) atoms. The average molecular weight is 219 g/mol. The van der Waals surface area contributed by atoms with Crippen molar-refractivity contribution in [3.05, 3.63) is 22.9 Å². The van der Waals surface area contributed by atoms with E-state index in [9.17, 15) is 0 Å². The van der Waals surface area contributed by atoms with Crippen molar-refractivity contribution in [1.82, 2.24) is 9.88 Å². The average Bonchev–Trinajstić information content (AvgIpc) is 2.25. The van der Waals surface area contributed by atoms with Gasteiger partial charge in [-0.1, -0.05) is 6.07 Å². The lowest BCUT2D eigenvalue weighted by Crippen LogP contribution is -2.45. The molecular weight excluding hydrogens is 198 g/mol. The Labute approximate surface area is 98.1 Å². The molecule has 0 radical (unpaired) electrons. The molecular formula is C13H21N3. The maximum Gasteiger partial charge on any atom is 0.131 e. The van der Waals surface area contributed by atoms with Crippen LogP contribution in [0.15, 0.2) is 6.07 Å². The Morgan fingerprint density at radius 1 is 1.00 bits per heavy atom. The molecule has 1 saturated heterocycles. The summed E-state index contributed by atoms with van der Waals surface area (Å²) in [5.74, 6) is 1.18. The number of aryl methyl sites for hydroxylation is 3. The van der Waals surface area contributed by atoms with Gasteiger partial charge in [-0.2, -0.15) is 0 Å². The molecule has 0 atom stereocenters. The lowest BCUT2D eigenvalue weighted by Gasteiger charge is -2.34. The fraction of sp³-hybridized carbons (Fsp3) is 0.615. The lowest BCUT2D eigenvalue weighted by atomic mass is 10.1. The molecule has 0 N–H and O–H groups in total. The molecule has 3 nitrogen and oxygen atoms in total. The number of hydrogen-bond acceptors (Lipinski definition) is 3. The molecule has 0 aliphatic carbocycles. The molecule has 2 rings (SSSR count). The summed E-state index contributed by atoms with van der Waals surface area (Å²) in [5.41, 5.74) is 3.74. The molecule has 0 saturated carbocycles. The van der Waals surface area contributed by atoms with Crippen LogP contribution < -0.4 is 4.90 Å². The summed E-state index contributed by atoms with van der Waals surface area (Å²) in [5, 5.41) is 0. The van der Waals surface area contributed by atoms with E-state index in [-0.39, 0.29) is 0 Å². The third kappa shape index (κ3) is 2.19. The number of rotatable bonds is 1. The number of pyridine rings is 1. The molecule has 0 aromatic carbocycles. The van der Waals surface area contributed by atoms with Crippen LogP contribution in [0.3, 0.4) is 0 Å². The predicted octanol–water partition coefficient (Wildman–Crippen LogP) is 1.76. The van der Waals surface area contributed by atoms with Crippen molar-refractivity contribution in [3.8, 4) is 0 Å². The topological polar surface area (TPSA) is 19.4 Å². The second-order valence-electron chi connectivity index (χ2n) is 4.82. The van der Waals surface area contributed by atoms with Crippen molar-refractivity contribution in [1.29, 1.82) is 0 Å². The number of piperazine rings is 1. The Kier molecular flexibility index (Phi) is 3.15. The highest BCUT2D eigenvalue weighted by Crippen LogP contribution is 2.21. The van der Waals surface area contributed by atoms with Gasteiger partial charge in [0.15, 0.2) is 0 Å². The van der Waals surface area contributed by atoms with Crippen molar-refractivity contribution >= 4 is 5.82 Å². The third-order valence-corrected chi connectivity index (χ3v) is 3.43. The minimum Gasteiger partial charge on any atom is -0.354 e. The summed E-state index contributed by atoms with van der Waals surface area (Å²) in [6.07, 6.45) is 0. The second kappa shape index (κ2) is 4.42. The van der Waals surface area contributed by atoms with Crippen LogP contribution in [0.5, 0.6) is 0 Å². The highest BCUT2D eigenvalue weighted by molar-refractivity contribution is 5.49.